The average molecular weight is 248 g/mol. The highest BCUT2D eigenvalue weighted by Gasteiger charge is 2.12. The average Bonchev–Trinajstić information content (AvgIpc) is 2.73. The third-order valence-corrected chi connectivity index (χ3v) is 2.89. The van der Waals surface area contributed by atoms with Gasteiger partial charge in [0.25, 0.3) is 0 Å². The fourth-order valence-corrected chi connectivity index (χ4v) is 1.81. The molecule has 0 aliphatic rings. The molecule has 0 aliphatic carbocycles. The van der Waals surface area contributed by atoms with Gasteiger partial charge in [0.1, 0.15) is 17.3 Å². The van der Waals surface area contributed by atoms with Gasteiger partial charge >= 0.3 is 0 Å². The van der Waals surface area contributed by atoms with Crippen molar-refractivity contribution >= 4 is 11.4 Å². The monoisotopic (exact) mass is 248 g/mol. The van der Waals surface area contributed by atoms with Crippen LogP contribution in [0.15, 0.2) is 28.7 Å². The first-order valence-electron chi connectivity index (χ1n) is 5.86. The van der Waals surface area contributed by atoms with Gasteiger partial charge < -0.3 is 15.5 Å². The van der Waals surface area contributed by atoms with E-state index in [1.54, 1.807) is 13.0 Å². The van der Waals surface area contributed by atoms with Crippen molar-refractivity contribution in [3.05, 3.63) is 47.2 Å². The predicted molar refractivity (Wildman–Crippen MR) is 71.0 cm³/mol. The molecule has 1 atom stereocenters. The summed E-state index contributed by atoms with van der Waals surface area (Å²) in [7, 11) is 0. The number of nitrogen functional groups attached to an aromatic ring is 1. The van der Waals surface area contributed by atoms with Crippen LogP contribution in [-0.4, -0.2) is 0 Å². The summed E-state index contributed by atoms with van der Waals surface area (Å²) >= 11 is 0. The molecule has 3 nitrogen and oxygen atoms in total. The van der Waals surface area contributed by atoms with Gasteiger partial charge in [0.2, 0.25) is 0 Å². The molecule has 0 bridgehead atoms. The van der Waals surface area contributed by atoms with Crippen molar-refractivity contribution < 1.29 is 8.81 Å². The molecule has 18 heavy (non-hydrogen) atoms. The molecule has 0 aliphatic heterocycles. The number of rotatable bonds is 3. The van der Waals surface area contributed by atoms with E-state index in [9.17, 15) is 4.39 Å². The van der Waals surface area contributed by atoms with E-state index < -0.39 is 0 Å². The summed E-state index contributed by atoms with van der Waals surface area (Å²) in [5.41, 5.74) is 7.47. The lowest BCUT2D eigenvalue weighted by Crippen LogP contribution is -2.08. The van der Waals surface area contributed by atoms with Crippen LogP contribution in [-0.2, 0) is 0 Å². The van der Waals surface area contributed by atoms with Crippen LogP contribution in [0, 0.1) is 19.7 Å². The lowest BCUT2D eigenvalue weighted by Gasteiger charge is -2.15. The molecule has 1 heterocycles. The topological polar surface area (TPSA) is 51.2 Å². The largest absolute Gasteiger partial charge is 0.464 e. The molecule has 1 aromatic carbocycles. The Bertz CT molecular complexity index is 563. The number of nitrogens with two attached hydrogens (primary N) is 1. The second-order valence-corrected chi connectivity index (χ2v) is 4.50. The van der Waals surface area contributed by atoms with Crippen LogP contribution in [0.4, 0.5) is 15.8 Å². The molecule has 0 saturated carbocycles. The van der Waals surface area contributed by atoms with Crippen LogP contribution in [0.25, 0.3) is 0 Å². The van der Waals surface area contributed by atoms with E-state index >= 15 is 0 Å². The van der Waals surface area contributed by atoms with E-state index in [0.29, 0.717) is 11.3 Å². The van der Waals surface area contributed by atoms with Gasteiger partial charge in [0.05, 0.1) is 17.4 Å². The SMILES string of the molecule is Cc1ccc(C(C)Nc2cc(C)c(F)cc2N)o1. The highest BCUT2D eigenvalue weighted by molar-refractivity contribution is 5.67. The van der Waals surface area contributed by atoms with Gasteiger partial charge in [0, 0.05) is 0 Å². The zero-order valence-corrected chi connectivity index (χ0v) is 10.8. The van der Waals surface area contributed by atoms with E-state index in [2.05, 4.69) is 5.32 Å². The van der Waals surface area contributed by atoms with Crippen molar-refractivity contribution in [1.29, 1.82) is 0 Å². The Morgan fingerprint density at radius 1 is 1.28 bits per heavy atom. The first-order chi connectivity index (χ1) is 8.47. The minimum Gasteiger partial charge on any atom is -0.464 e. The standard InChI is InChI=1S/C14H17FN2O/c1-8-6-13(12(16)7-11(8)15)17-10(3)14-5-4-9(2)18-14/h4-7,10,17H,16H2,1-3H3. The second kappa shape index (κ2) is 4.72. The third-order valence-electron chi connectivity index (χ3n) is 2.89. The molecule has 4 heteroatoms. The maximum absolute atomic E-state index is 13.3. The number of anilines is 2. The van der Waals surface area contributed by atoms with Gasteiger partial charge in [-0.1, -0.05) is 0 Å². The van der Waals surface area contributed by atoms with E-state index in [1.165, 1.54) is 6.07 Å². The molecule has 3 N–H and O–H groups in total. The smallest absolute Gasteiger partial charge is 0.128 e. The Morgan fingerprint density at radius 3 is 2.61 bits per heavy atom. The van der Waals surface area contributed by atoms with Crippen molar-refractivity contribution in [3.63, 3.8) is 0 Å². The molecule has 0 radical (unpaired) electrons. The Balaban J connectivity index is 2.21. The fraction of sp³-hybridized carbons (Fsp3) is 0.286. The summed E-state index contributed by atoms with van der Waals surface area (Å²) in [5, 5.41) is 3.22. The van der Waals surface area contributed by atoms with Gasteiger partial charge in [-0.25, -0.2) is 4.39 Å². The summed E-state index contributed by atoms with van der Waals surface area (Å²) in [6.45, 7) is 5.57. The van der Waals surface area contributed by atoms with Crippen molar-refractivity contribution in [2.75, 3.05) is 11.1 Å². The van der Waals surface area contributed by atoms with Crippen molar-refractivity contribution in [2.45, 2.75) is 26.8 Å². The lowest BCUT2D eigenvalue weighted by molar-refractivity contribution is 0.467. The van der Waals surface area contributed by atoms with E-state index in [-0.39, 0.29) is 11.9 Å². The Morgan fingerprint density at radius 2 is 2.00 bits per heavy atom. The predicted octanol–water partition coefficient (Wildman–Crippen LogP) is 3.79. The van der Waals surface area contributed by atoms with Gasteiger partial charge in [-0.2, -0.15) is 0 Å². The lowest BCUT2D eigenvalue weighted by atomic mass is 10.1. The number of furan rings is 1. The molecule has 0 spiro atoms. The summed E-state index contributed by atoms with van der Waals surface area (Å²) in [6, 6.07) is 6.84. The zero-order chi connectivity index (χ0) is 13.3. The van der Waals surface area contributed by atoms with E-state index in [0.717, 1.165) is 17.2 Å². The molecule has 0 fully saturated rings. The number of hydrogen-bond donors (Lipinski definition) is 2. The van der Waals surface area contributed by atoms with Gasteiger partial charge in [0.15, 0.2) is 0 Å². The van der Waals surface area contributed by atoms with Crippen LogP contribution >= 0.6 is 0 Å². The zero-order valence-electron chi connectivity index (χ0n) is 10.8. The summed E-state index contributed by atoms with van der Waals surface area (Å²) < 4.78 is 18.8. The molecular formula is C14H17FN2O. The van der Waals surface area contributed by atoms with Gasteiger partial charge in [-0.15, -0.1) is 0 Å². The minimum absolute atomic E-state index is 0.0224. The highest BCUT2D eigenvalue weighted by atomic mass is 19.1. The second-order valence-electron chi connectivity index (χ2n) is 4.50. The minimum atomic E-state index is -0.292. The summed E-state index contributed by atoms with van der Waals surface area (Å²) in [5.74, 6) is 1.40. The van der Waals surface area contributed by atoms with Crippen molar-refractivity contribution in [3.8, 4) is 0 Å². The van der Waals surface area contributed by atoms with Crippen LogP contribution in [0.5, 0.6) is 0 Å². The number of aryl methyl sites for hydroxylation is 2. The number of benzene rings is 1. The number of nitrogens with one attached hydrogen (secondary N) is 1. The number of halogens is 1. The molecule has 1 aromatic heterocycles. The van der Waals surface area contributed by atoms with Crippen molar-refractivity contribution in [2.24, 2.45) is 0 Å². The van der Waals surface area contributed by atoms with E-state index in [1.807, 2.05) is 26.0 Å². The quantitative estimate of drug-likeness (QED) is 0.812. The Kier molecular flexibility index (Phi) is 3.28. The first kappa shape index (κ1) is 12.5. The maximum atomic E-state index is 13.3. The van der Waals surface area contributed by atoms with Crippen LogP contribution < -0.4 is 11.1 Å². The Hall–Kier alpha value is -1.97. The fourth-order valence-electron chi connectivity index (χ4n) is 1.81. The molecule has 0 amide bonds. The molecule has 2 rings (SSSR count). The highest BCUT2D eigenvalue weighted by Crippen LogP contribution is 2.27. The maximum Gasteiger partial charge on any atom is 0.128 e. The molecule has 1 unspecified atom stereocenters. The number of hydrogen-bond acceptors (Lipinski definition) is 3. The molecular weight excluding hydrogens is 231 g/mol. The summed E-state index contributed by atoms with van der Waals surface area (Å²) in [6.07, 6.45) is 0. The Labute approximate surface area is 106 Å². The van der Waals surface area contributed by atoms with Gasteiger partial charge in [-0.05, 0) is 50.6 Å². The van der Waals surface area contributed by atoms with E-state index in [4.69, 9.17) is 10.2 Å². The third kappa shape index (κ3) is 2.47. The van der Waals surface area contributed by atoms with Crippen LogP contribution in [0.2, 0.25) is 0 Å². The first-order valence-corrected chi connectivity index (χ1v) is 5.86. The van der Waals surface area contributed by atoms with Crippen molar-refractivity contribution in [1.82, 2.24) is 0 Å². The normalized spacial score (nSPS) is 12.4. The molecule has 96 valence electrons. The van der Waals surface area contributed by atoms with Gasteiger partial charge in [-0.3, -0.25) is 0 Å². The van der Waals surface area contributed by atoms with Crippen LogP contribution in [0.3, 0.4) is 0 Å². The summed E-state index contributed by atoms with van der Waals surface area (Å²) in [4.78, 5) is 0. The molecule has 0 saturated heterocycles. The molecule has 2 aromatic rings. The van der Waals surface area contributed by atoms with Crippen LogP contribution in [0.1, 0.15) is 30.0 Å².